The number of likely N-dealkylation sites (N-methyl/N-ethyl adjacent to an activating group) is 1. The van der Waals surface area contributed by atoms with E-state index in [0.717, 1.165) is 36.7 Å². The molecule has 3 rings (SSSR count). The van der Waals surface area contributed by atoms with Crippen LogP contribution in [-0.4, -0.2) is 56.6 Å². The predicted molar refractivity (Wildman–Crippen MR) is 102 cm³/mol. The third-order valence-electron chi connectivity index (χ3n) is 5.58. The van der Waals surface area contributed by atoms with Crippen molar-refractivity contribution in [2.24, 2.45) is 5.92 Å². The zero-order valence-electron chi connectivity index (χ0n) is 14.5. The van der Waals surface area contributed by atoms with Crippen LogP contribution in [0.4, 0.5) is 0 Å². The molecule has 1 heterocycles. The summed E-state index contributed by atoms with van der Waals surface area (Å²) in [6, 6.07) is 7.24. The topological polar surface area (TPSA) is 40.6 Å². The molecule has 1 fully saturated rings. The zero-order valence-corrected chi connectivity index (χ0v) is 16.9. The van der Waals surface area contributed by atoms with Gasteiger partial charge < -0.3 is 4.90 Å². The van der Waals surface area contributed by atoms with E-state index < -0.39 is 10.0 Å². The molecule has 0 N–H and O–H groups in total. The molecular formula is C18H27BrN2O2S. The normalized spacial score (nSPS) is 23.4. The smallest absolute Gasteiger partial charge is 0.211 e. The molecule has 1 aliphatic heterocycles. The monoisotopic (exact) mass is 414 g/mol. The standard InChI is InChI=1S/C18H27BrN2O2S/c1-20(13-14-7-9-21(10-8-14)24(2,22)23)18-6-4-15-3-5-17(19)11-16(15)12-18/h3,5,11,14,18H,4,6-10,12-13H2,1-2H3. The average molecular weight is 415 g/mol. The van der Waals surface area contributed by atoms with Crippen molar-refractivity contribution in [3.63, 3.8) is 0 Å². The van der Waals surface area contributed by atoms with Crippen LogP contribution in [0, 0.1) is 5.92 Å². The van der Waals surface area contributed by atoms with E-state index >= 15 is 0 Å². The highest BCUT2D eigenvalue weighted by molar-refractivity contribution is 9.10. The van der Waals surface area contributed by atoms with Crippen LogP contribution < -0.4 is 0 Å². The molecule has 1 atom stereocenters. The van der Waals surface area contributed by atoms with Crippen LogP contribution in [0.5, 0.6) is 0 Å². The van der Waals surface area contributed by atoms with E-state index in [9.17, 15) is 8.42 Å². The summed E-state index contributed by atoms with van der Waals surface area (Å²) < 4.78 is 26.0. The van der Waals surface area contributed by atoms with E-state index in [0.29, 0.717) is 25.0 Å². The Hall–Kier alpha value is -0.430. The molecule has 134 valence electrons. The lowest BCUT2D eigenvalue weighted by molar-refractivity contribution is 0.158. The van der Waals surface area contributed by atoms with Crippen LogP contribution in [-0.2, 0) is 22.9 Å². The molecule has 1 unspecified atom stereocenters. The average Bonchev–Trinajstić information content (AvgIpc) is 2.53. The van der Waals surface area contributed by atoms with E-state index in [1.165, 1.54) is 23.8 Å². The van der Waals surface area contributed by atoms with Crippen LogP contribution in [0.25, 0.3) is 0 Å². The highest BCUT2D eigenvalue weighted by Gasteiger charge is 2.28. The van der Waals surface area contributed by atoms with Gasteiger partial charge in [0.2, 0.25) is 10.0 Å². The minimum absolute atomic E-state index is 0.597. The first-order chi connectivity index (χ1) is 11.3. The van der Waals surface area contributed by atoms with Crippen LogP contribution >= 0.6 is 15.9 Å². The second kappa shape index (κ2) is 7.44. The maximum absolute atomic E-state index is 11.6. The number of hydrogen-bond acceptors (Lipinski definition) is 3. The lowest BCUT2D eigenvalue weighted by atomic mass is 9.87. The van der Waals surface area contributed by atoms with E-state index in [-0.39, 0.29) is 0 Å². The van der Waals surface area contributed by atoms with Crippen molar-refractivity contribution in [2.75, 3.05) is 32.9 Å². The second-order valence-corrected chi connectivity index (χ2v) is 10.3. The quantitative estimate of drug-likeness (QED) is 0.760. The highest BCUT2D eigenvalue weighted by atomic mass is 79.9. The van der Waals surface area contributed by atoms with E-state index in [1.807, 2.05) is 0 Å². The van der Waals surface area contributed by atoms with Gasteiger partial charge in [0.05, 0.1) is 6.26 Å². The molecule has 0 bridgehead atoms. The molecule has 1 aromatic rings. The maximum Gasteiger partial charge on any atom is 0.211 e. The van der Waals surface area contributed by atoms with Crippen molar-refractivity contribution in [2.45, 2.75) is 38.1 Å². The summed E-state index contributed by atoms with van der Waals surface area (Å²) in [6.07, 6.45) is 6.76. The molecule has 1 aromatic carbocycles. The SMILES string of the molecule is CN(CC1CCN(S(C)(=O)=O)CC1)C1CCc2ccc(Br)cc2C1. The molecule has 1 aliphatic carbocycles. The van der Waals surface area contributed by atoms with Gasteiger partial charge in [0.25, 0.3) is 0 Å². The van der Waals surface area contributed by atoms with Gasteiger partial charge in [-0.05, 0) is 68.3 Å². The van der Waals surface area contributed by atoms with Gasteiger partial charge in [0.15, 0.2) is 0 Å². The van der Waals surface area contributed by atoms with Gasteiger partial charge in [-0.25, -0.2) is 12.7 Å². The molecule has 1 saturated heterocycles. The van der Waals surface area contributed by atoms with E-state index in [2.05, 4.69) is 46.1 Å². The number of hydrogen-bond donors (Lipinski definition) is 0. The number of halogens is 1. The van der Waals surface area contributed by atoms with Gasteiger partial charge in [0.1, 0.15) is 0 Å². The minimum Gasteiger partial charge on any atom is -0.303 e. The lowest BCUT2D eigenvalue weighted by Gasteiger charge is -2.37. The Bertz CT molecular complexity index is 684. The number of rotatable bonds is 4. The van der Waals surface area contributed by atoms with Crippen molar-refractivity contribution >= 4 is 26.0 Å². The third kappa shape index (κ3) is 4.40. The van der Waals surface area contributed by atoms with Crippen molar-refractivity contribution in [1.29, 1.82) is 0 Å². The maximum atomic E-state index is 11.6. The molecular weight excluding hydrogens is 388 g/mol. The highest BCUT2D eigenvalue weighted by Crippen LogP contribution is 2.28. The Morgan fingerprint density at radius 2 is 1.92 bits per heavy atom. The summed E-state index contributed by atoms with van der Waals surface area (Å²) >= 11 is 3.58. The van der Waals surface area contributed by atoms with Crippen LogP contribution in [0.2, 0.25) is 0 Å². The summed E-state index contributed by atoms with van der Waals surface area (Å²) in [5, 5.41) is 0. The van der Waals surface area contributed by atoms with Gasteiger partial charge in [-0.1, -0.05) is 22.0 Å². The Morgan fingerprint density at radius 1 is 1.21 bits per heavy atom. The fourth-order valence-corrected chi connectivity index (χ4v) is 5.35. The molecule has 24 heavy (non-hydrogen) atoms. The van der Waals surface area contributed by atoms with Crippen LogP contribution in [0.1, 0.15) is 30.4 Å². The molecule has 0 amide bonds. The first kappa shape index (κ1) is 18.4. The second-order valence-electron chi connectivity index (χ2n) is 7.35. The summed E-state index contributed by atoms with van der Waals surface area (Å²) in [7, 11) is -0.788. The number of nitrogens with zero attached hydrogens (tertiary/aromatic N) is 2. The summed E-state index contributed by atoms with van der Waals surface area (Å²) in [5.74, 6) is 0.608. The molecule has 4 nitrogen and oxygen atoms in total. The van der Waals surface area contributed by atoms with E-state index in [4.69, 9.17) is 0 Å². The Balaban J connectivity index is 1.54. The Kier molecular flexibility index (Phi) is 5.69. The molecule has 0 aromatic heterocycles. The number of fused-ring (bicyclic) bond motifs is 1. The number of sulfonamides is 1. The lowest BCUT2D eigenvalue weighted by Crippen LogP contribution is -2.43. The van der Waals surface area contributed by atoms with Crippen molar-refractivity contribution in [3.8, 4) is 0 Å². The summed E-state index contributed by atoms with van der Waals surface area (Å²) in [5.41, 5.74) is 2.96. The molecule has 0 radical (unpaired) electrons. The Morgan fingerprint density at radius 3 is 2.58 bits per heavy atom. The van der Waals surface area contributed by atoms with Gasteiger partial charge in [-0.15, -0.1) is 0 Å². The van der Waals surface area contributed by atoms with Gasteiger partial charge in [0, 0.05) is 30.1 Å². The van der Waals surface area contributed by atoms with E-state index in [1.54, 1.807) is 4.31 Å². The molecule has 0 saturated carbocycles. The van der Waals surface area contributed by atoms with Crippen molar-refractivity contribution in [3.05, 3.63) is 33.8 Å². The largest absolute Gasteiger partial charge is 0.303 e. The predicted octanol–water partition coefficient (Wildman–Crippen LogP) is 2.91. The van der Waals surface area contributed by atoms with Crippen LogP contribution in [0.15, 0.2) is 22.7 Å². The van der Waals surface area contributed by atoms with Crippen molar-refractivity contribution < 1.29 is 8.42 Å². The van der Waals surface area contributed by atoms with Gasteiger partial charge in [-0.2, -0.15) is 0 Å². The number of piperidine rings is 1. The van der Waals surface area contributed by atoms with Gasteiger partial charge in [-0.3, -0.25) is 0 Å². The molecule has 6 heteroatoms. The third-order valence-corrected chi connectivity index (χ3v) is 7.38. The number of benzene rings is 1. The number of aryl methyl sites for hydroxylation is 1. The fraction of sp³-hybridized carbons (Fsp3) is 0.667. The first-order valence-corrected chi connectivity index (χ1v) is 11.4. The molecule has 2 aliphatic rings. The Labute approximate surface area is 154 Å². The van der Waals surface area contributed by atoms with Gasteiger partial charge >= 0.3 is 0 Å². The summed E-state index contributed by atoms with van der Waals surface area (Å²) in [6.45, 7) is 2.43. The fourth-order valence-electron chi connectivity index (χ4n) is 4.06. The first-order valence-electron chi connectivity index (χ1n) is 8.75. The summed E-state index contributed by atoms with van der Waals surface area (Å²) in [4.78, 5) is 2.50. The van der Waals surface area contributed by atoms with Crippen LogP contribution in [0.3, 0.4) is 0 Å². The minimum atomic E-state index is -3.02. The zero-order chi connectivity index (χ0) is 17.3. The molecule has 0 spiro atoms. The van der Waals surface area contributed by atoms with Crippen molar-refractivity contribution in [1.82, 2.24) is 9.21 Å².